The first-order valence-corrected chi connectivity index (χ1v) is 9.07. The summed E-state index contributed by atoms with van der Waals surface area (Å²) in [4.78, 5) is 25.1. The number of hydrogen-bond donors (Lipinski definition) is 2. The number of aryl methyl sites for hydroxylation is 1. The molecule has 2 aliphatic rings. The number of anilines is 3. The van der Waals surface area contributed by atoms with E-state index in [0.29, 0.717) is 29.7 Å². The molecule has 1 amide bonds. The monoisotopic (exact) mass is 352 g/mol. The molecule has 26 heavy (non-hydrogen) atoms. The minimum atomic E-state index is -0.0951. The summed E-state index contributed by atoms with van der Waals surface area (Å²) in [5.41, 5.74) is 8.94. The molecule has 1 aromatic carbocycles. The largest absolute Gasteiger partial charge is 0.382 e. The average molecular weight is 352 g/mol. The Morgan fingerprint density at radius 1 is 1.08 bits per heavy atom. The van der Waals surface area contributed by atoms with Gasteiger partial charge in [-0.3, -0.25) is 9.69 Å². The van der Waals surface area contributed by atoms with Gasteiger partial charge in [-0.1, -0.05) is 24.3 Å². The fourth-order valence-electron chi connectivity index (χ4n) is 3.66. The molecule has 136 valence electrons. The lowest BCUT2D eigenvalue weighted by Gasteiger charge is -2.30. The van der Waals surface area contributed by atoms with Gasteiger partial charge in [0.15, 0.2) is 11.6 Å². The lowest BCUT2D eigenvalue weighted by atomic mass is 10.1. The second kappa shape index (κ2) is 6.92. The van der Waals surface area contributed by atoms with Crippen molar-refractivity contribution in [2.24, 2.45) is 0 Å². The number of aromatic nitrogens is 2. The average Bonchev–Trinajstić information content (AvgIpc) is 3.11. The van der Waals surface area contributed by atoms with E-state index in [1.807, 2.05) is 4.90 Å². The highest BCUT2D eigenvalue weighted by Gasteiger charge is 2.26. The van der Waals surface area contributed by atoms with Gasteiger partial charge in [0.05, 0.1) is 6.54 Å². The molecule has 1 saturated heterocycles. The van der Waals surface area contributed by atoms with Crippen molar-refractivity contribution in [1.82, 2.24) is 14.9 Å². The predicted molar refractivity (Wildman–Crippen MR) is 102 cm³/mol. The van der Waals surface area contributed by atoms with Crippen molar-refractivity contribution in [2.45, 2.75) is 32.9 Å². The molecule has 3 N–H and O–H groups in total. The lowest BCUT2D eigenvalue weighted by Crippen LogP contribution is -2.39. The van der Waals surface area contributed by atoms with E-state index in [-0.39, 0.29) is 12.5 Å². The number of amides is 1. The fourth-order valence-corrected chi connectivity index (χ4v) is 3.66. The molecule has 7 nitrogen and oxygen atoms in total. The molecule has 2 aliphatic heterocycles. The molecule has 0 aliphatic carbocycles. The van der Waals surface area contributed by atoms with Crippen molar-refractivity contribution < 1.29 is 4.79 Å². The Kier molecular flexibility index (Phi) is 4.46. The molecule has 2 aromatic rings. The predicted octanol–water partition coefficient (Wildman–Crippen LogP) is 1.92. The maximum absolute atomic E-state index is 12.0. The maximum Gasteiger partial charge on any atom is 0.244 e. The summed E-state index contributed by atoms with van der Waals surface area (Å²) in [7, 11) is 0. The standard InChI is InChI=1S/C19H24N6O/c1-13-21-18(20)17-19(22-13)25(12-16(26)23-17)11-15-6-4-14(5-7-15)10-24-8-2-3-9-24/h4-7H,2-3,8-12H2,1H3,(H,23,26)(H2,20,21,22). The summed E-state index contributed by atoms with van der Waals surface area (Å²) in [6.07, 6.45) is 2.61. The second-order valence-electron chi connectivity index (χ2n) is 7.06. The third-order valence-corrected chi connectivity index (χ3v) is 4.93. The van der Waals surface area contributed by atoms with Crippen LogP contribution in [0.3, 0.4) is 0 Å². The maximum atomic E-state index is 12.0. The minimum absolute atomic E-state index is 0.0951. The molecule has 0 unspecified atom stereocenters. The number of carbonyl (C=O) groups is 1. The zero-order valence-corrected chi connectivity index (χ0v) is 15.0. The van der Waals surface area contributed by atoms with E-state index >= 15 is 0 Å². The van der Waals surface area contributed by atoms with Gasteiger partial charge in [-0.05, 0) is 44.0 Å². The number of likely N-dealkylation sites (tertiary alicyclic amines) is 1. The fraction of sp³-hybridized carbons (Fsp3) is 0.421. The first-order valence-electron chi connectivity index (χ1n) is 9.07. The van der Waals surface area contributed by atoms with Crippen LogP contribution >= 0.6 is 0 Å². The third-order valence-electron chi connectivity index (χ3n) is 4.93. The van der Waals surface area contributed by atoms with E-state index in [4.69, 9.17) is 5.73 Å². The van der Waals surface area contributed by atoms with E-state index in [1.54, 1.807) is 6.92 Å². The van der Waals surface area contributed by atoms with Crippen molar-refractivity contribution >= 4 is 23.2 Å². The molecule has 0 atom stereocenters. The van der Waals surface area contributed by atoms with Gasteiger partial charge in [-0.25, -0.2) is 9.97 Å². The van der Waals surface area contributed by atoms with Crippen LogP contribution in [0.4, 0.5) is 17.3 Å². The molecule has 7 heteroatoms. The number of benzene rings is 1. The van der Waals surface area contributed by atoms with E-state index in [9.17, 15) is 4.79 Å². The Hall–Kier alpha value is -2.67. The van der Waals surface area contributed by atoms with Gasteiger partial charge in [0.2, 0.25) is 5.91 Å². The Labute approximate surface area is 153 Å². The van der Waals surface area contributed by atoms with Gasteiger partial charge in [0.1, 0.15) is 11.5 Å². The van der Waals surface area contributed by atoms with Crippen LogP contribution in [-0.2, 0) is 17.9 Å². The summed E-state index contributed by atoms with van der Waals surface area (Å²) in [6.45, 7) is 6.08. The number of hydrogen-bond acceptors (Lipinski definition) is 6. The minimum Gasteiger partial charge on any atom is -0.382 e. The van der Waals surface area contributed by atoms with Crippen LogP contribution in [0.1, 0.15) is 29.8 Å². The first-order chi connectivity index (χ1) is 12.6. The van der Waals surface area contributed by atoms with Crippen LogP contribution in [0.2, 0.25) is 0 Å². The van der Waals surface area contributed by atoms with Crippen molar-refractivity contribution in [3.8, 4) is 0 Å². The molecule has 4 rings (SSSR count). The molecule has 3 heterocycles. The Morgan fingerprint density at radius 2 is 1.73 bits per heavy atom. The number of fused-ring (bicyclic) bond motifs is 1. The highest BCUT2D eigenvalue weighted by atomic mass is 16.2. The summed E-state index contributed by atoms with van der Waals surface area (Å²) in [5.74, 6) is 1.51. The van der Waals surface area contributed by atoms with Gasteiger partial charge < -0.3 is 16.0 Å². The van der Waals surface area contributed by atoms with Gasteiger partial charge in [-0.2, -0.15) is 0 Å². The van der Waals surface area contributed by atoms with Gasteiger partial charge in [-0.15, -0.1) is 0 Å². The molecule has 0 radical (unpaired) electrons. The van der Waals surface area contributed by atoms with E-state index in [0.717, 1.165) is 12.1 Å². The van der Waals surface area contributed by atoms with Crippen molar-refractivity contribution in [3.05, 3.63) is 41.2 Å². The second-order valence-corrected chi connectivity index (χ2v) is 7.06. The van der Waals surface area contributed by atoms with Gasteiger partial charge >= 0.3 is 0 Å². The molecule has 0 spiro atoms. The summed E-state index contributed by atoms with van der Waals surface area (Å²) in [6, 6.07) is 8.63. The van der Waals surface area contributed by atoms with Crippen molar-refractivity contribution in [1.29, 1.82) is 0 Å². The SMILES string of the molecule is Cc1nc(N)c2c(n1)N(Cc1ccc(CN3CCCC3)cc1)CC(=O)N2. The molecule has 1 fully saturated rings. The quantitative estimate of drug-likeness (QED) is 0.874. The summed E-state index contributed by atoms with van der Waals surface area (Å²) >= 11 is 0. The van der Waals surface area contributed by atoms with E-state index in [1.165, 1.54) is 31.5 Å². The highest BCUT2D eigenvalue weighted by Crippen LogP contribution is 2.32. The molecule has 1 aromatic heterocycles. The van der Waals surface area contributed by atoms with Crippen LogP contribution in [0.25, 0.3) is 0 Å². The topological polar surface area (TPSA) is 87.4 Å². The van der Waals surface area contributed by atoms with Gasteiger partial charge in [0, 0.05) is 13.1 Å². The Balaban J connectivity index is 1.51. The van der Waals surface area contributed by atoms with Crippen molar-refractivity contribution in [2.75, 3.05) is 35.6 Å². The van der Waals surface area contributed by atoms with Crippen LogP contribution in [0, 0.1) is 6.92 Å². The Morgan fingerprint density at radius 3 is 2.42 bits per heavy atom. The Bertz CT molecular complexity index is 814. The number of carbonyl (C=O) groups excluding carboxylic acids is 1. The normalized spacial score (nSPS) is 17.3. The zero-order chi connectivity index (χ0) is 18.1. The van der Waals surface area contributed by atoms with Crippen LogP contribution < -0.4 is 16.0 Å². The van der Waals surface area contributed by atoms with E-state index in [2.05, 4.69) is 44.5 Å². The zero-order valence-electron chi connectivity index (χ0n) is 15.0. The summed E-state index contributed by atoms with van der Waals surface area (Å²) < 4.78 is 0. The number of rotatable bonds is 4. The number of nitrogens with one attached hydrogen (secondary N) is 1. The van der Waals surface area contributed by atoms with Gasteiger partial charge in [0.25, 0.3) is 0 Å². The highest BCUT2D eigenvalue weighted by molar-refractivity contribution is 6.02. The number of nitrogens with zero attached hydrogens (tertiary/aromatic N) is 4. The molecular formula is C19H24N6O. The van der Waals surface area contributed by atoms with Crippen LogP contribution in [0.15, 0.2) is 24.3 Å². The van der Waals surface area contributed by atoms with Crippen LogP contribution in [0.5, 0.6) is 0 Å². The lowest BCUT2D eigenvalue weighted by molar-refractivity contribution is -0.115. The van der Waals surface area contributed by atoms with Crippen LogP contribution in [-0.4, -0.2) is 40.4 Å². The van der Waals surface area contributed by atoms with Crippen molar-refractivity contribution in [3.63, 3.8) is 0 Å². The van der Waals surface area contributed by atoms with E-state index < -0.39 is 0 Å². The molecule has 0 saturated carbocycles. The third kappa shape index (κ3) is 3.48. The first kappa shape index (κ1) is 16.8. The smallest absolute Gasteiger partial charge is 0.244 e. The molecule has 0 bridgehead atoms. The summed E-state index contributed by atoms with van der Waals surface area (Å²) in [5, 5.41) is 2.78. The number of nitrogens with two attached hydrogens (primary N) is 1. The number of nitrogen functional groups attached to an aromatic ring is 1. The molecular weight excluding hydrogens is 328 g/mol.